The van der Waals surface area contributed by atoms with Crippen LogP contribution in [0.1, 0.15) is 86.9 Å². The molecule has 3 aliphatic rings. The van der Waals surface area contributed by atoms with Crippen LogP contribution in [0.2, 0.25) is 0 Å². The summed E-state index contributed by atoms with van der Waals surface area (Å²) < 4.78 is 58.4. The van der Waals surface area contributed by atoms with Gasteiger partial charge in [-0.05, 0) is 39.9 Å². The second kappa shape index (κ2) is 27.5. The van der Waals surface area contributed by atoms with E-state index in [4.69, 9.17) is 42.0 Å². The van der Waals surface area contributed by atoms with Gasteiger partial charge in [0.2, 0.25) is 0 Å². The molecule has 1 aliphatic carbocycles. The minimum atomic E-state index is -4.92. The summed E-state index contributed by atoms with van der Waals surface area (Å²) in [6.45, 7) is 0.859. The Labute approximate surface area is 527 Å². The molecule has 474 valence electrons. The van der Waals surface area contributed by atoms with E-state index in [1.165, 1.54) is 23.4 Å². The number of aliphatic hydroxyl groups is 1. The van der Waals surface area contributed by atoms with Crippen molar-refractivity contribution in [2.75, 3.05) is 46.0 Å². The number of nitriles is 1. The fourth-order valence-electron chi connectivity index (χ4n) is 11.9. The number of imidazole rings is 1. The molecule has 3 unspecified atom stereocenters. The summed E-state index contributed by atoms with van der Waals surface area (Å²) >= 11 is 0. The molecule has 2 fully saturated rings. The van der Waals surface area contributed by atoms with Crippen molar-refractivity contribution >= 4 is 37.2 Å². The number of methoxy groups -OCH3 is 2. The zero-order valence-corrected chi connectivity index (χ0v) is 51.2. The van der Waals surface area contributed by atoms with E-state index in [1.807, 2.05) is 109 Å². The second-order valence-corrected chi connectivity index (χ2v) is 24.1. The van der Waals surface area contributed by atoms with Crippen molar-refractivity contribution in [3.63, 3.8) is 0 Å². The average molecular weight is 1270 g/mol. The number of ether oxygens (including phenoxy) is 6. The molecule has 24 nitrogen and oxygen atoms in total. The van der Waals surface area contributed by atoms with Crippen molar-refractivity contribution in [3.05, 3.63) is 236 Å². The van der Waals surface area contributed by atoms with Crippen LogP contribution in [0.5, 0.6) is 11.5 Å². The Hall–Kier alpha value is -9.51. The van der Waals surface area contributed by atoms with E-state index in [0.717, 1.165) is 33.4 Å². The molecule has 0 saturated carbocycles. The summed E-state index contributed by atoms with van der Waals surface area (Å²) in [4.78, 5) is 80.6. The molecular formula is C67H66N9O15P. The molecule has 0 bridgehead atoms. The summed E-state index contributed by atoms with van der Waals surface area (Å²) in [6.07, 6.45) is -3.17. The quantitative estimate of drug-likeness (QED) is 0.0215. The number of carbonyl (C=O) groups is 2. The predicted molar refractivity (Wildman–Crippen MR) is 337 cm³/mol. The molecule has 3 aromatic heterocycles. The van der Waals surface area contributed by atoms with Crippen molar-refractivity contribution in [2.24, 2.45) is 0 Å². The van der Waals surface area contributed by atoms with Crippen LogP contribution in [0.15, 0.2) is 180 Å². The maximum absolute atomic E-state index is 13.7. The van der Waals surface area contributed by atoms with Crippen molar-refractivity contribution < 1.29 is 61.6 Å². The van der Waals surface area contributed by atoms with Crippen LogP contribution in [0.3, 0.4) is 0 Å². The number of H-pyrrole nitrogens is 1. The molecule has 92 heavy (non-hydrogen) atoms. The number of nitrogens with zero attached hydrogens (tertiary/aromatic N) is 6. The Balaban J connectivity index is 0.722. The molecule has 6 aromatic carbocycles. The first kappa shape index (κ1) is 62.7. The van der Waals surface area contributed by atoms with Crippen LogP contribution in [-0.2, 0) is 44.7 Å². The zero-order valence-electron chi connectivity index (χ0n) is 50.2. The monoisotopic (exact) mass is 1270 g/mol. The van der Waals surface area contributed by atoms with Gasteiger partial charge < -0.3 is 10.1 Å². The van der Waals surface area contributed by atoms with Crippen LogP contribution in [0, 0.1) is 18.3 Å². The topological polar surface area (TPSA) is 304 Å². The van der Waals surface area contributed by atoms with Crippen LogP contribution >= 0.6 is 8.17 Å². The summed E-state index contributed by atoms with van der Waals surface area (Å²) in [5, 5.41) is 26.7. The molecule has 5 heterocycles. The number of hydrogen-bond donors (Lipinski definition) is 5. The van der Waals surface area contributed by atoms with E-state index in [2.05, 4.69) is 54.8 Å². The van der Waals surface area contributed by atoms with Crippen molar-refractivity contribution in [2.45, 2.75) is 81.1 Å². The first-order valence-corrected chi connectivity index (χ1v) is 31.4. The number of anilines is 1. The molecular weight excluding hydrogens is 1200 g/mol. The maximum atomic E-state index is 13.7. The Morgan fingerprint density at radius 2 is 1.38 bits per heavy atom. The SMILES string of the molecule is COc1ccc(C(OC[C@H]2O[C@@H](n3cc(C)c(=O)[nH]c3=O)CC2O[PH](O)(OCCC#N)OC[C@H]2OC(n3cnc4c(NC(=O)c5ccc(CNC(=O)OCC6c7ccccc7-c7ccccc76)cc5)ncnc43)CC2O)(c2ccccc2)c2ccc(OC)cc2)cc1. The third kappa shape index (κ3) is 13.2. The number of aromatic amines is 1. The van der Waals surface area contributed by atoms with Crippen molar-refractivity contribution in [1.29, 1.82) is 5.26 Å². The second-order valence-electron chi connectivity index (χ2n) is 22.2. The fourth-order valence-corrected chi connectivity index (χ4v) is 13.5. The number of fused-ring (bicyclic) bond motifs is 4. The number of amides is 2. The average Bonchev–Trinajstić information content (AvgIpc) is 0.972. The van der Waals surface area contributed by atoms with Gasteiger partial charge in [-0.2, -0.15) is 0 Å². The van der Waals surface area contributed by atoms with Crippen molar-refractivity contribution in [3.8, 4) is 28.7 Å². The summed E-state index contributed by atoms with van der Waals surface area (Å²) in [7, 11) is -1.77. The molecule has 25 heteroatoms. The summed E-state index contributed by atoms with van der Waals surface area (Å²) in [5.41, 5.74) is 5.75. The fraction of sp³-hybridized carbons (Fsp3) is 0.284. The number of alkyl carbamates (subject to hydrolysis) is 1. The number of aromatic nitrogens is 6. The van der Waals surface area contributed by atoms with Crippen molar-refractivity contribution in [1.82, 2.24) is 34.4 Å². The van der Waals surface area contributed by atoms with Gasteiger partial charge in [-0.3, -0.25) is 0 Å². The first-order chi connectivity index (χ1) is 44.7. The molecule has 2 amide bonds. The summed E-state index contributed by atoms with van der Waals surface area (Å²) in [5.74, 6) is 0.758. The molecule has 12 rings (SSSR count). The predicted octanol–water partition coefficient (Wildman–Crippen LogP) is 8.67. The van der Waals surface area contributed by atoms with Gasteiger partial charge in [-0.15, -0.1) is 0 Å². The summed E-state index contributed by atoms with van der Waals surface area (Å²) in [6, 6.07) is 49.3. The Morgan fingerprint density at radius 1 is 0.750 bits per heavy atom. The zero-order chi connectivity index (χ0) is 63.9. The minimum absolute atomic E-state index is 0.0142. The van der Waals surface area contributed by atoms with E-state index in [0.29, 0.717) is 28.2 Å². The van der Waals surface area contributed by atoms with E-state index < -0.39 is 80.5 Å². The number of rotatable bonds is 24. The number of aliphatic hydroxyl groups excluding tert-OH is 1. The van der Waals surface area contributed by atoms with Gasteiger partial charge in [0, 0.05) is 12.5 Å². The first-order valence-electron chi connectivity index (χ1n) is 29.8. The van der Waals surface area contributed by atoms with Gasteiger partial charge in [0.25, 0.3) is 0 Å². The van der Waals surface area contributed by atoms with Gasteiger partial charge in [0.05, 0.1) is 0 Å². The van der Waals surface area contributed by atoms with E-state index >= 15 is 0 Å². The normalized spacial score (nSPS) is 18.8. The van der Waals surface area contributed by atoms with Crippen LogP contribution in [0.25, 0.3) is 22.3 Å². The Kier molecular flexibility index (Phi) is 18.8. The third-order valence-electron chi connectivity index (χ3n) is 16.6. The van der Waals surface area contributed by atoms with Crippen LogP contribution in [0.4, 0.5) is 10.6 Å². The van der Waals surface area contributed by atoms with Gasteiger partial charge in [0.1, 0.15) is 6.61 Å². The number of hydrogen-bond acceptors (Lipinski definition) is 19. The number of nitrogens with one attached hydrogen (secondary N) is 3. The van der Waals surface area contributed by atoms with Gasteiger partial charge in [0.15, 0.2) is 0 Å². The molecule has 5 N–H and O–H groups in total. The van der Waals surface area contributed by atoms with E-state index in [1.54, 1.807) is 50.0 Å². The third-order valence-corrected chi connectivity index (χ3v) is 18.3. The molecule has 9 aromatic rings. The number of aryl methyl sites for hydroxylation is 1. The van der Waals surface area contributed by atoms with E-state index in [9.17, 15) is 34.4 Å². The van der Waals surface area contributed by atoms with Gasteiger partial charge in [-0.1, -0.05) is 60.7 Å². The molecule has 2 aliphatic heterocycles. The molecule has 0 radical (unpaired) electrons. The standard InChI is InChI=1S/C67H66N9O15P/c1-41-35-75(65(80)74-63(41)78)59-33-55(57(90-59)37-86-67(44-12-5-4-6-13-44,45-22-26-47(83-2)27-23-45)46-24-28-48(84-3)29-25-46)91-92(82,87-31-11-30-68)88-38-56-54(77)32-58(89-56)76-40-72-60-61(70-39-71-62(60)76)73-64(79)43-20-18-42(19-21-43)34-69-66(81)85-36-53-51-16-9-7-14-49(51)50-15-8-10-17-52(50)53/h4-10,12-29,35,39-40,53-59,77,82,92H,11,31-34,36-38H2,1-3H3,(H,69,81)(H,74,78,80)(H,70,71,73,79)/t54?,55?,56-,57-,58?,59-/m1/s1. The van der Waals surface area contributed by atoms with Crippen LogP contribution < -0.4 is 31.4 Å². The molecule has 0 spiro atoms. The Bertz CT molecular complexity index is 4170. The van der Waals surface area contributed by atoms with Gasteiger partial charge in [-0.25, -0.2) is 4.79 Å². The number of carbonyl (C=O) groups excluding carboxylic acids is 2. The van der Waals surface area contributed by atoms with Gasteiger partial charge >= 0.3 is 395 Å². The van der Waals surface area contributed by atoms with E-state index in [-0.39, 0.29) is 74.1 Å². The molecule has 2 saturated heterocycles. The molecule has 6 atom stereocenters. The Morgan fingerprint density at radius 3 is 2.04 bits per heavy atom. The number of benzene rings is 6. The van der Waals surface area contributed by atoms with Crippen LogP contribution in [-0.4, -0.2) is 116 Å².